The fourth-order valence-electron chi connectivity index (χ4n) is 1.91. The van der Waals surface area contributed by atoms with Crippen LogP contribution in [-0.2, 0) is 7.05 Å². The van der Waals surface area contributed by atoms with Gasteiger partial charge < -0.3 is 10.6 Å². The maximum Gasteiger partial charge on any atom is 0.0726 e. The van der Waals surface area contributed by atoms with Crippen LogP contribution in [0.2, 0.25) is 0 Å². The van der Waals surface area contributed by atoms with Crippen molar-refractivity contribution in [2.75, 3.05) is 18.4 Å². The Balaban J connectivity index is 1.82. The van der Waals surface area contributed by atoms with E-state index >= 15 is 0 Å². The summed E-state index contributed by atoms with van der Waals surface area (Å²) in [4.78, 5) is 0. The van der Waals surface area contributed by atoms with Gasteiger partial charge in [-0.05, 0) is 18.9 Å². The van der Waals surface area contributed by atoms with Gasteiger partial charge in [-0.25, -0.2) is 0 Å². The van der Waals surface area contributed by atoms with Crippen molar-refractivity contribution in [1.82, 2.24) is 15.1 Å². The van der Waals surface area contributed by atoms with Crippen LogP contribution in [0.4, 0.5) is 5.69 Å². The van der Waals surface area contributed by atoms with Crippen LogP contribution in [0.1, 0.15) is 13.3 Å². The number of nitrogens with zero attached hydrogens (tertiary/aromatic N) is 2. The summed E-state index contributed by atoms with van der Waals surface area (Å²) in [6, 6.07) is 0.607. The van der Waals surface area contributed by atoms with E-state index in [4.69, 9.17) is 0 Å². The zero-order valence-electron chi connectivity index (χ0n) is 8.83. The van der Waals surface area contributed by atoms with E-state index in [-0.39, 0.29) is 0 Å². The molecule has 1 fully saturated rings. The molecule has 2 heterocycles. The third kappa shape index (κ3) is 2.07. The number of rotatable bonds is 3. The molecule has 4 nitrogen and oxygen atoms in total. The van der Waals surface area contributed by atoms with E-state index in [0.717, 1.165) is 24.7 Å². The van der Waals surface area contributed by atoms with Crippen molar-refractivity contribution in [2.45, 2.75) is 19.4 Å². The number of nitrogens with one attached hydrogen (secondary N) is 2. The Morgan fingerprint density at radius 1 is 1.71 bits per heavy atom. The molecule has 1 aromatic rings. The predicted molar refractivity (Wildman–Crippen MR) is 57.3 cm³/mol. The molecule has 1 aliphatic heterocycles. The Morgan fingerprint density at radius 3 is 3.14 bits per heavy atom. The molecule has 4 heteroatoms. The van der Waals surface area contributed by atoms with Gasteiger partial charge in [-0.2, -0.15) is 5.10 Å². The molecule has 2 N–H and O–H groups in total. The first-order valence-corrected chi connectivity index (χ1v) is 5.21. The fourth-order valence-corrected chi connectivity index (χ4v) is 1.91. The highest BCUT2D eigenvalue weighted by Gasteiger charge is 2.21. The smallest absolute Gasteiger partial charge is 0.0726 e. The Kier molecular flexibility index (Phi) is 2.72. The van der Waals surface area contributed by atoms with E-state index in [1.165, 1.54) is 6.42 Å². The molecule has 0 aromatic carbocycles. The second kappa shape index (κ2) is 4.00. The fraction of sp³-hybridized carbons (Fsp3) is 0.700. The molecule has 14 heavy (non-hydrogen) atoms. The maximum atomic E-state index is 4.11. The summed E-state index contributed by atoms with van der Waals surface area (Å²) < 4.78 is 1.81. The van der Waals surface area contributed by atoms with Gasteiger partial charge in [0.25, 0.3) is 0 Å². The van der Waals surface area contributed by atoms with Crippen LogP contribution in [0.3, 0.4) is 0 Å². The Hall–Kier alpha value is -1.03. The van der Waals surface area contributed by atoms with Gasteiger partial charge in [-0.1, -0.05) is 6.92 Å². The van der Waals surface area contributed by atoms with Crippen LogP contribution in [-0.4, -0.2) is 28.9 Å². The topological polar surface area (TPSA) is 41.9 Å². The molecule has 1 saturated heterocycles. The van der Waals surface area contributed by atoms with Crippen molar-refractivity contribution in [3.8, 4) is 0 Å². The second-order valence-corrected chi connectivity index (χ2v) is 4.11. The van der Waals surface area contributed by atoms with Gasteiger partial charge in [0.05, 0.1) is 11.9 Å². The van der Waals surface area contributed by atoms with Crippen LogP contribution >= 0.6 is 0 Å². The number of anilines is 1. The quantitative estimate of drug-likeness (QED) is 0.749. The Bertz CT molecular complexity index is 294. The first-order chi connectivity index (χ1) is 6.75. The average molecular weight is 194 g/mol. The second-order valence-electron chi connectivity index (χ2n) is 4.11. The molecule has 1 aliphatic rings. The molecule has 78 valence electrons. The number of aromatic nitrogens is 2. The van der Waals surface area contributed by atoms with E-state index in [0.29, 0.717) is 6.04 Å². The van der Waals surface area contributed by atoms with Crippen LogP contribution < -0.4 is 10.6 Å². The molecule has 0 spiro atoms. The highest BCUT2D eigenvalue weighted by Crippen LogP contribution is 2.15. The number of hydrogen-bond donors (Lipinski definition) is 2. The minimum absolute atomic E-state index is 0.607. The van der Waals surface area contributed by atoms with E-state index in [2.05, 4.69) is 22.7 Å². The summed E-state index contributed by atoms with van der Waals surface area (Å²) in [6.45, 7) is 4.45. The van der Waals surface area contributed by atoms with Crippen molar-refractivity contribution < 1.29 is 0 Å². The molecule has 0 aliphatic carbocycles. The molecule has 2 rings (SSSR count). The predicted octanol–water partition coefficient (Wildman–Crippen LogP) is 0.830. The van der Waals surface area contributed by atoms with Gasteiger partial charge in [0.2, 0.25) is 0 Å². The standard InChI is InChI=1S/C10H18N4/c1-8-3-4-11-10(8)6-12-9-5-13-14(2)7-9/h5,7-8,10-12H,3-4,6H2,1-2H3. The van der Waals surface area contributed by atoms with Gasteiger partial charge in [-0.15, -0.1) is 0 Å². The van der Waals surface area contributed by atoms with Gasteiger partial charge in [-0.3, -0.25) is 4.68 Å². The SMILES string of the molecule is CC1CCNC1CNc1cnn(C)c1. The number of hydrogen-bond acceptors (Lipinski definition) is 3. The minimum Gasteiger partial charge on any atom is -0.381 e. The largest absolute Gasteiger partial charge is 0.381 e. The molecule has 0 saturated carbocycles. The van der Waals surface area contributed by atoms with Crippen molar-refractivity contribution in [3.05, 3.63) is 12.4 Å². The third-order valence-corrected chi connectivity index (χ3v) is 2.92. The van der Waals surface area contributed by atoms with Crippen molar-refractivity contribution >= 4 is 5.69 Å². The van der Waals surface area contributed by atoms with E-state index < -0.39 is 0 Å². The Morgan fingerprint density at radius 2 is 2.57 bits per heavy atom. The number of aryl methyl sites for hydroxylation is 1. The Labute approximate surface area is 84.7 Å². The lowest BCUT2D eigenvalue weighted by Crippen LogP contribution is -2.33. The highest BCUT2D eigenvalue weighted by atomic mass is 15.3. The van der Waals surface area contributed by atoms with E-state index in [9.17, 15) is 0 Å². The summed E-state index contributed by atoms with van der Waals surface area (Å²) in [5.74, 6) is 0.777. The molecule has 2 atom stereocenters. The first kappa shape index (κ1) is 9.52. The van der Waals surface area contributed by atoms with Crippen LogP contribution in [0.25, 0.3) is 0 Å². The zero-order valence-corrected chi connectivity index (χ0v) is 8.83. The lowest BCUT2D eigenvalue weighted by atomic mass is 10.0. The van der Waals surface area contributed by atoms with Gasteiger partial charge in [0, 0.05) is 25.8 Å². The summed E-state index contributed by atoms with van der Waals surface area (Å²) in [7, 11) is 1.93. The summed E-state index contributed by atoms with van der Waals surface area (Å²) in [6.07, 6.45) is 5.15. The van der Waals surface area contributed by atoms with Crippen LogP contribution in [0.15, 0.2) is 12.4 Å². The van der Waals surface area contributed by atoms with Gasteiger partial charge in [0.1, 0.15) is 0 Å². The van der Waals surface area contributed by atoms with Crippen molar-refractivity contribution in [3.63, 3.8) is 0 Å². The molecule has 1 aromatic heterocycles. The highest BCUT2D eigenvalue weighted by molar-refractivity contribution is 5.38. The minimum atomic E-state index is 0.607. The lowest BCUT2D eigenvalue weighted by Gasteiger charge is -2.15. The van der Waals surface area contributed by atoms with Crippen molar-refractivity contribution in [2.24, 2.45) is 13.0 Å². The molecule has 0 bridgehead atoms. The average Bonchev–Trinajstić information content (AvgIpc) is 2.72. The summed E-state index contributed by atoms with van der Waals surface area (Å²) >= 11 is 0. The zero-order chi connectivity index (χ0) is 9.97. The molecule has 0 radical (unpaired) electrons. The monoisotopic (exact) mass is 194 g/mol. The van der Waals surface area contributed by atoms with E-state index in [1.807, 2.05) is 24.1 Å². The summed E-state index contributed by atoms with van der Waals surface area (Å²) in [5.41, 5.74) is 1.11. The molecular formula is C10H18N4. The van der Waals surface area contributed by atoms with Gasteiger partial charge >= 0.3 is 0 Å². The first-order valence-electron chi connectivity index (χ1n) is 5.21. The molecular weight excluding hydrogens is 176 g/mol. The summed E-state index contributed by atoms with van der Waals surface area (Å²) in [5, 5.41) is 11.0. The molecule has 0 amide bonds. The van der Waals surface area contributed by atoms with Crippen LogP contribution in [0, 0.1) is 5.92 Å². The van der Waals surface area contributed by atoms with E-state index in [1.54, 1.807) is 0 Å². The third-order valence-electron chi connectivity index (χ3n) is 2.92. The lowest BCUT2D eigenvalue weighted by molar-refractivity contribution is 0.501. The normalized spacial score (nSPS) is 26.7. The maximum absolute atomic E-state index is 4.11. The van der Waals surface area contributed by atoms with Crippen molar-refractivity contribution in [1.29, 1.82) is 0 Å². The molecule has 2 unspecified atom stereocenters. The van der Waals surface area contributed by atoms with Crippen LogP contribution in [0.5, 0.6) is 0 Å². The van der Waals surface area contributed by atoms with Gasteiger partial charge in [0.15, 0.2) is 0 Å².